The second-order valence-corrected chi connectivity index (χ2v) is 3.26. The molecule has 0 bridgehead atoms. The van der Waals surface area contributed by atoms with E-state index in [0.29, 0.717) is 6.10 Å². The summed E-state index contributed by atoms with van der Waals surface area (Å²) in [5, 5.41) is 23.9. The van der Waals surface area contributed by atoms with E-state index < -0.39 is 12.1 Å². The predicted molar refractivity (Wildman–Crippen MR) is 56.6 cm³/mol. The molecule has 1 aliphatic heterocycles. The minimum Gasteiger partial charge on any atom is -0.478 e. The van der Waals surface area contributed by atoms with Crippen LogP contribution in [-0.4, -0.2) is 46.7 Å². The number of aliphatic carboxylic acids is 1. The fourth-order valence-electron chi connectivity index (χ4n) is 0.0962. The smallest absolute Gasteiger partial charge is 0.330 e. The predicted octanol–water partition coefficient (Wildman–Crippen LogP) is 0.412. The van der Waals surface area contributed by atoms with Gasteiger partial charge in [0.05, 0.1) is 25.4 Å². The standard InChI is InChI=1S/C4H6O2.C3H8O2.C3H6O/c1-3(2)4(5)6;1-3(5)2-4;1-3-2-4-3/h1H2,2H3,(H,5,6);3-5H,2H2,1H3;3H,2H2,1H3. The lowest BCUT2D eigenvalue weighted by molar-refractivity contribution is -0.132. The van der Waals surface area contributed by atoms with Gasteiger partial charge < -0.3 is 20.1 Å². The molecule has 3 N–H and O–H groups in total. The molecule has 5 nitrogen and oxygen atoms in total. The number of rotatable bonds is 2. The second-order valence-electron chi connectivity index (χ2n) is 3.26. The minimum atomic E-state index is -0.935. The first kappa shape index (κ1) is 16.5. The van der Waals surface area contributed by atoms with E-state index in [0.717, 1.165) is 6.61 Å². The lowest BCUT2D eigenvalue weighted by Crippen LogP contribution is -2.03. The number of aliphatic hydroxyl groups excluding tert-OH is 2. The Morgan fingerprint density at radius 1 is 1.67 bits per heavy atom. The number of epoxide rings is 1. The summed E-state index contributed by atoms with van der Waals surface area (Å²) in [6, 6.07) is 0. The number of carbonyl (C=O) groups is 1. The van der Waals surface area contributed by atoms with E-state index in [-0.39, 0.29) is 12.2 Å². The highest BCUT2D eigenvalue weighted by Gasteiger charge is 2.13. The molecule has 0 spiro atoms. The number of carboxylic acid groups (broad SMARTS) is 1. The van der Waals surface area contributed by atoms with E-state index in [1.807, 2.05) is 0 Å². The van der Waals surface area contributed by atoms with E-state index in [9.17, 15) is 4.79 Å². The van der Waals surface area contributed by atoms with Crippen LogP contribution in [0.3, 0.4) is 0 Å². The summed E-state index contributed by atoms with van der Waals surface area (Å²) in [4.78, 5) is 9.60. The molecule has 0 saturated carbocycles. The third-order valence-electron chi connectivity index (χ3n) is 1.13. The summed E-state index contributed by atoms with van der Waals surface area (Å²) in [7, 11) is 0. The fourth-order valence-corrected chi connectivity index (χ4v) is 0.0962. The average molecular weight is 220 g/mol. The van der Waals surface area contributed by atoms with E-state index in [4.69, 9.17) is 20.1 Å². The lowest BCUT2D eigenvalue weighted by atomic mass is 10.4. The van der Waals surface area contributed by atoms with Gasteiger partial charge >= 0.3 is 5.97 Å². The number of aliphatic hydroxyl groups is 2. The largest absolute Gasteiger partial charge is 0.478 e. The van der Waals surface area contributed by atoms with Crippen molar-refractivity contribution in [2.24, 2.45) is 0 Å². The SMILES string of the molecule is C=C(C)C(=O)O.CC(O)CO.CC1CO1. The van der Waals surface area contributed by atoms with Crippen LogP contribution in [0.4, 0.5) is 0 Å². The molecule has 0 aromatic heterocycles. The highest BCUT2D eigenvalue weighted by atomic mass is 16.6. The summed E-state index contributed by atoms with van der Waals surface area (Å²) in [5.41, 5.74) is 0.176. The summed E-state index contributed by atoms with van der Waals surface area (Å²) in [5.74, 6) is -0.935. The Hall–Kier alpha value is -0.910. The molecule has 2 unspecified atom stereocenters. The molecule has 90 valence electrons. The van der Waals surface area contributed by atoms with Gasteiger partial charge in [-0.3, -0.25) is 0 Å². The van der Waals surface area contributed by atoms with E-state index in [2.05, 4.69) is 13.5 Å². The number of hydrogen-bond donors (Lipinski definition) is 3. The zero-order valence-electron chi connectivity index (χ0n) is 9.43. The molecule has 0 aromatic rings. The van der Waals surface area contributed by atoms with Crippen LogP contribution in [0.2, 0.25) is 0 Å². The number of hydrogen-bond acceptors (Lipinski definition) is 4. The van der Waals surface area contributed by atoms with Crippen molar-refractivity contribution in [3.63, 3.8) is 0 Å². The zero-order valence-corrected chi connectivity index (χ0v) is 9.43. The number of ether oxygens (including phenoxy) is 1. The normalized spacial score (nSPS) is 18.6. The Morgan fingerprint density at radius 3 is 1.87 bits per heavy atom. The monoisotopic (exact) mass is 220 g/mol. The molecular formula is C10H20O5. The van der Waals surface area contributed by atoms with Gasteiger partial charge in [0.2, 0.25) is 0 Å². The van der Waals surface area contributed by atoms with Crippen LogP contribution in [0.15, 0.2) is 12.2 Å². The zero-order chi connectivity index (χ0) is 12.4. The van der Waals surface area contributed by atoms with Crippen molar-refractivity contribution in [1.82, 2.24) is 0 Å². The summed E-state index contributed by atoms with van der Waals surface area (Å²) in [6.07, 6.45) is 0.0231. The van der Waals surface area contributed by atoms with Crippen LogP contribution >= 0.6 is 0 Å². The number of carboxylic acids is 1. The van der Waals surface area contributed by atoms with E-state index in [1.54, 1.807) is 0 Å². The molecule has 15 heavy (non-hydrogen) atoms. The molecule has 5 heteroatoms. The van der Waals surface area contributed by atoms with Gasteiger partial charge in [0.1, 0.15) is 0 Å². The highest BCUT2D eigenvalue weighted by molar-refractivity contribution is 5.84. The van der Waals surface area contributed by atoms with Crippen molar-refractivity contribution in [2.75, 3.05) is 13.2 Å². The van der Waals surface area contributed by atoms with Gasteiger partial charge in [0.15, 0.2) is 0 Å². The molecular weight excluding hydrogens is 200 g/mol. The minimum absolute atomic E-state index is 0.139. The Balaban J connectivity index is 0. The van der Waals surface area contributed by atoms with Gasteiger partial charge in [0.25, 0.3) is 0 Å². The molecule has 0 amide bonds. The Bertz CT molecular complexity index is 172. The van der Waals surface area contributed by atoms with Crippen molar-refractivity contribution in [3.05, 3.63) is 12.2 Å². The van der Waals surface area contributed by atoms with Gasteiger partial charge in [0, 0.05) is 5.57 Å². The Morgan fingerprint density at radius 2 is 1.87 bits per heavy atom. The Labute approximate surface area is 90.0 Å². The summed E-state index contributed by atoms with van der Waals surface area (Å²) >= 11 is 0. The molecule has 2 atom stereocenters. The highest BCUT2D eigenvalue weighted by Crippen LogP contribution is 2.04. The Kier molecular flexibility index (Phi) is 10.6. The quantitative estimate of drug-likeness (QED) is 0.463. The third kappa shape index (κ3) is 24.6. The maximum Gasteiger partial charge on any atom is 0.330 e. The maximum atomic E-state index is 9.60. The van der Waals surface area contributed by atoms with Gasteiger partial charge in [-0.2, -0.15) is 0 Å². The lowest BCUT2D eigenvalue weighted by Gasteiger charge is -1.90. The first-order valence-electron chi connectivity index (χ1n) is 4.60. The van der Waals surface area contributed by atoms with Crippen molar-refractivity contribution in [2.45, 2.75) is 33.0 Å². The molecule has 1 saturated heterocycles. The maximum absolute atomic E-state index is 9.60. The molecule has 0 aromatic carbocycles. The van der Waals surface area contributed by atoms with Crippen LogP contribution in [0.5, 0.6) is 0 Å². The van der Waals surface area contributed by atoms with Crippen molar-refractivity contribution in [3.8, 4) is 0 Å². The topological polar surface area (TPSA) is 90.3 Å². The molecule has 1 aliphatic rings. The average Bonchev–Trinajstić information content (AvgIpc) is 2.89. The van der Waals surface area contributed by atoms with Crippen LogP contribution in [-0.2, 0) is 9.53 Å². The fraction of sp³-hybridized carbons (Fsp3) is 0.700. The molecule has 1 rings (SSSR count). The van der Waals surface area contributed by atoms with Gasteiger partial charge in [-0.15, -0.1) is 0 Å². The second kappa shape index (κ2) is 9.64. The van der Waals surface area contributed by atoms with Crippen LogP contribution in [0.25, 0.3) is 0 Å². The van der Waals surface area contributed by atoms with E-state index >= 15 is 0 Å². The van der Waals surface area contributed by atoms with Crippen LogP contribution in [0, 0.1) is 0 Å². The third-order valence-corrected chi connectivity index (χ3v) is 1.13. The van der Waals surface area contributed by atoms with E-state index in [1.165, 1.54) is 13.8 Å². The van der Waals surface area contributed by atoms with Gasteiger partial charge in [-0.05, 0) is 20.8 Å². The van der Waals surface area contributed by atoms with Gasteiger partial charge in [-0.25, -0.2) is 4.79 Å². The molecule has 0 aliphatic carbocycles. The first-order valence-corrected chi connectivity index (χ1v) is 4.60. The van der Waals surface area contributed by atoms with Crippen molar-refractivity contribution >= 4 is 5.97 Å². The molecule has 1 heterocycles. The molecule has 0 radical (unpaired) electrons. The first-order chi connectivity index (χ1) is 6.81. The van der Waals surface area contributed by atoms with Gasteiger partial charge in [-0.1, -0.05) is 6.58 Å². The van der Waals surface area contributed by atoms with Crippen LogP contribution < -0.4 is 0 Å². The summed E-state index contributed by atoms with van der Waals surface area (Å²) in [6.45, 7) is 9.03. The summed E-state index contributed by atoms with van der Waals surface area (Å²) < 4.78 is 4.71. The van der Waals surface area contributed by atoms with Crippen LogP contribution in [0.1, 0.15) is 20.8 Å². The van der Waals surface area contributed by atoms with Crippen molar-refractivity contribution < 1.29 is 24.9 Å². The van der Waals surface area contributed by atoms with Crippen molar-refractivity contribution in [1.29, 1.82) is 0 Å². The molecule has 1 fully saturated rings.